The minimum Gasteiger partial charge on any atom is -0.326 e. The highest BCUT2D eigenvalue weighted by molar-refractivity contribution is 7.89. The number of benzene rings is 1. The molecule has 2 rings (SSSR count). The zero-order chi connectivity index (χ0) is 14.8. The van der Waals surface area contributed by atoms with Crippen LogP contribution in [-0.2, 0) is 16.6 Å². The maximum absolute atomic E-state index is 12.4. The number of hydrogen-bond donors (Lipinski definition) is 2. The van der Waals surface area contributed by atoms with Crippen LogP contribution >= 0.6 is 11.6 Å². The first-order valence-corrected chi connectivity index (χ1v) is 8.71. The molecule has 0 bridgehead atoms. The molecule has 6 heteroatoms. The molecule has 0 heterocycles. The van der Waals surface area contributed by atoms with Gasteiger partial charge < -0.3 is 5.73 Å². The number of rotatable bonds is 5. The molecule has 0 spiro atoms. The van der Waals surface area contributed by atoms with Gasteiger partial charge in [-0.25, -0.2) is 13.1 Å². The second-order valence-corrected chi connectivity index (χ2v) is 7.95. The van der Waals surface area contributed by atoms with Gasteiger partial charge in [0.2, 0.25) is 10.0 Å². The second-order valence-electron chi connectivity index (χ2n) is 5.81. The lowest BCUT2D eigenvalue weighted by Gasteiger charge is -2.23. The van der Waals surface area contributed by atoms with E-state index in [0.717, 1.165) is 18.4 Å². The Morgan fingerprint density at radius 1 is 1.35 bits per heavy atom. The summed E-state index contributed by atoms with van der Waals surface area (Å²) in [5.74, 6) is 0. The van der Waals surface area contributed by atoms with E-state index in [2.05, 4.69) is 11.6 Å². The summed E-state index contributed by atoms with van der Waals surface area (Å²) in [5, 5.41) is 0.228. The van der Waals surface area contributed by atoms with Gasteiger partial charge in [-0.05, 0) is 36.0 Å². The Bertz CT molecular complexity index is 581. The van der Waals surface area contributed by atoms with Gasteiger partial charge in [0.25, 0.3) is 0 Å². The summed E-state index contributed by atoms with van der Waals surface area (Å²) in [4.78, 5) is 0.115. The van der Waals surface area contributed by atoms with Crippen molar-refractivity contribution >= 4 is 21.6 Å². The zero-order valence-corrected chi connectivity index (χ0v) is 13.2. The monoisotopic (exact) mass is 316 g/mol. The number of nitrogens with one attached hydrogen (secondary N) is 1. The van der Waals surface area contributed by atoms with Crippen molar-refractivity contribution in [3.63, 3.8) is 0 Å². The van der Waals surface area contributed by atoms with E-state index in [-0.39, 0.29) is 21.9 Å². The summed E-state index contributed by atoms with van der Waals surface area (Å²) >= 11 is 6.01. The summed E-state index contributed by atoms with van der Waals surface area (Å²) in [7, 11) is -3.59. The van der Waals surface area contributed by atoms with Crippen LogP contribution in [0.25, 0.3) is 0 Å². The second kappa shape index (κ2) is 6.02. The standard InChI is InChI=1S/C14H21ClN2O2S/c1-14(6-2-3-7-14)10-17-20(18,19)13-8-11(9-16)4-5-12(13)15/h4-5,8,17H,2-3,6-7,9-10,16H2,1H3. The van der Waals surface area contributed by atoms with Crippen LogP contribution in [0.5, 0.6) is 0 Å². The molecule has 3 N–H and O–H groups in total. The Balaban J connectivity index is 2.17. The molecule has 1 fully saturated rings. The number of nitrogens with two attached hydrogens (primary N) is 1. The maximum atomic E-state index is 12.4. The Morgan fingerprint density at radius 3 is 2.60 bits per heavy atom. The van der Waals surface area contributed by atoms with Crippen molar-refractivity contribution in [3.8, 4) is 0 Å². The molecule has 1 aromatic rings. The van der Waals surface area contributed by atoms with E-state index in [9.17, 15) is 8.42 Å². The van der Waals surface area contributed by atoms with Gasteiger partial charge in [-0.15, -0.1) is 0 Å². The summed E-state index contributed by atoms with van der Waals surface area (Å²) in [5.41, 5.74) is 6.36. The largest absolute Gasteiger partial charge is 0.326 e. The highest BCUT2D eigenvalue weighted by Crippen LogP contribution is 2.37. The van der Waals surface area contributed by atoms with Gasteiger partial charge in [-0.2, -0.15) is 0 Å². The first-order chi connectivity index (χ1) is 9.36. The molecule has 112 valence electrons. The van der Waals surface area contributed by atoms with E-state index < -0.39 is 10.0 Å². The topological polar surface area (TPSA) is 72.2 Å². The first-order valence-electron chi connectivity index (χ1n) is 6.84. The number of halogens is 1. The third-order valence-electron chi connectivity index (χ3n) is 4.02. The predicted octanol–water partition coefficient (Wildman–Crippen LogP) is 2.66. The van der Waals surface area contributed by atoms with Crippen LogP contribution in [0.3, 0.4) is 0 Å². The number of sulfonamides is 1. The average Bonchev–Trinajstić information content (AvgIpc) is 2.85. The normalized spacial score (nSPS) is 18.4. The molecule has 0 aliphatic heterocycles. The predicted molar refractivity (Wildman–Crippen MR) is 81.1 cm³/mol. The molecule has 20 heavy (non-hydrogen) atoms. The highest BCUT2D eigenvalue weighted by atomic mass is 35.5. The van der Waals surface area contributed by atoms with Crippen molar-refractivity contribution < 1.29 is 8.42 Å². The van der Waals surface area contributed by atoms with Crippen molar-refractivity contribution in [1.82, 2.24) is 4.72 Å². The lowest BCUT2D eigenvalue weighted by molar-refractivity contribution is 0.336. The summed E-state index contributed by atoms with van der Waals surface area (Å²) in [6, 6.07) is 4.86. The van der Waals surface area contributed by atoms with E-state index in [1.165, 1.54) is 12.8 Å². The number of hydrogen-bond acceptors (Lipinski definition) is 3. The molecule has 0 atom stereocenters. The lowest BCUT2D eigenvalue weighted by atomic mass is 9.89. The summed E-state index contributed by atoms with van der Waals surface area (Å²) in [6.45, 7) is 2.87. The molecule has 1 saturated carbocycles. The molecule has 1 aromatic carbocycles. The van der Waals surface area contributed by atoms with Crippen LogP contribution in [0.2, 0.25) is 5.02 Å². The molecule has 0 aromatic heterocycles. The molecule has 0 unspecified atom stereocenters. The van der Waals surface area contributed by atoms with Crippen LogP contribution < -0.4 is 10.5 Å². The van der Waals surface area contributed by atoms with Gasteiger partial charge >= 0.3 is 0 Å². The van der Waals surface area contributed by atoms with Gasteiger partial charge in [0.05, 0.1) is 5.02 Å². The van der Waals surface area contributed by atoms with E-state index in [4.69, 9.17) is 17.3 Å². The first kappa shape index (κ1) is 15.8. The van der Waals surface area contributed by atoms with Gasteiger partial charge in [-0.1, -0.05) is 37.4 Å². The Morgan fingerprint density at radius 2 is 2.00 bits per heavy atom. The van der Waals surface area contributed by atoms with Crippen LogP contribution in [0, 0.1) is 5.41 Å². The van der Waals surface area contributed by atoms with Crippen molar-refractivity contribution in [3.05, 3.63) is 28.8 Å². The molecule has 0 saturated heterocycles. The SMILES string of the molecule is CC1(CNS(=O)(=O)c2cc(CN)ccc2Cl)CCCC1. The lowest BCUT2D eigenvalue weighted by Crippen LogP contribution is -2.34. The quantitative estimate of drug-likeness (QED) is 0.877. The Kier molecular flexibility index (Phi) is 4.74. The summed E-state index contributed by atoms with van der Waals surface area (Å²) in [6.07, 6.45) is 4.46. The van der Waals surface area contributed by atoms with Crippen molar-refractivity contribution in [1.29, 1.82) is 0 Å². The Labute approximate surface area is 125 Å². The molecule has 1 aliphatic carbocycles. The van der Waals surface area contributed by atoms with E-state index in [0.29, 0.717) is 6.54 Å². The molecule has 1 aliphatic rings. The van der Waals surface area contributed by atoms with E-state index in [1.807, 2.05) is 0 Å². The molecular formula is C14H21ClN2O2S. The third-order valence-corrected chi connectivity index (χ3v) is 5.90. The fraction of sp³-hybridized carbons (Fsp3) is 0.571. The van der Waals surface area contributed by atoms with Crippen molar-refractivity contribution in [2.45, 2.75) is 44.0 Å². The van der Waals surface area contributed by atoms with Crippen LogP contribution in [0.4, 0.5) is 0 Å². The van der Waals surface area contributed by atoms with Crippen molar-refractivity contribution in [2.75, 3.05) is 6.54 Å². The zero-order valence-electron chi connectivity index (χ0n) is 11.7. The Hall–Kier alpha value is -0.620. The molecule has 0 radical (unpaired) electrons. The molecule has 0 amide bonds. The van der Waals surface area contributed by atoms with Crippen LogP contribution in [0.1, 0.15) is 38.2 Å². The smallest absolute Gasteiger partial charge is 0.242 e. The highest BCUT2D eigenvalue weighted by Gasteiger charge is 2.30. The van der Waals surface area contributed by atoms with Crippen LogP contribution in [-0.4, -0.2) is 15.0 Å². The third kappa shape index (κ3) is 3.52. The fourth-order valence-electron chi connectivity index (χ4n) is 2.63. The molecular weight excluding hydrogens is 296 g/mol. The molecule has 4 nitrogen and oxygen atoms in total. The fourth-order valence-corrected chi connectivity index (χ4v) is 4.38. The average molecular weight is 317 g/mol. The van der Waals surface area contributed by atoms with Crippen molar-refractivity contribution in [2.24, 2.45) is 11.1 Å². The van der Waals surface area contributed by atoms with Gasteiger partial charge in [-0.3, -0.25) is 0 Å². The van der Waals surface area contributed by atoms with E-state index >= 15 is 0 Å². The maximum Gasteiger partial charge on any atom is 0.242 e. The van der Waals surface area contributed by atoms with Gasteiger partial charge in [0.15, 0.2) is 0 Å². The minimum atomic E-state index is -3.59. The van der Waals surface area contributed by atoms with Gasteiger partial charge in [0, 0.05) is 13.1 Å². The summed E-state index contributed by atoms with van der Waals surface area (Å²) < 4.78 is 27.5. The van der Waals surface area contributed by atoms with Gasteiger partial charge in [0.1, 0.15) is 4.90 Å². The van der Waals surface area contributed by atoms with E-state index in [1.54, 1.807) is 18.2 Å². The van der Waals surface area contributed by atoms with Crippen LogP contribution in [0.15, 0.2) is 23.1 Å². The minimum absolute atomic E-state index is 0.0605.